The third-order valence-corrected chi connectivity index (χ3v) is 1.97. The van der Waals surface area contributed by atoms with E-state index in [1.54, 1.807) is 0 Å². The van der Waals surface area contributed by atoms with Crippen LogP contribution in [-0.4, -0.2) is 11.7 Å². The van der Waals surface area contributed by atoms with Gasteiger partial charge in [-0.3, -0.25) is 0 Å². The minimum Gasteiger partial charge on any atom is -0.392 e. The van der Waals surface area contributed by atoms with Crippen molar-refractivity contribution in [1.82, 2.24) is 0 Å². The highest BCUT2D eigenvalue weighted by atomic mass is 16.2. The van der Waals surface area contributed by atoms with Crippen LogP contribution in [0.4, 0.5) is 0 Å². The maximum atomic E-state index is 8.90. The van der Waals surface area contributed by atoms with Gasteiger partial charge in [-0.2, -0.15) is 0 Å². The lowest BCUT2D eigenvalue weighted by Gasteiger charge is -2.06. The third kappa shape index (κ3) is 3.19. The molecule has 1 nitrogen and oxygen atoms in total. The first-order valence-electron chi connectivity index (χ1n) is 4.73. The lowest BCUT2D eigenvalue weighted by atomic mass is 9.99. The highest BCUT2D eigenvalue weighted by Crippen LogP contribution is 2.20. The normalized spacial score (nSPS) is 11.4. The second-order valence-electron chi connectivity index (χ2n) is 3.41. The van der Waals surface area contributed by atoms with E-state index in [9.17, 15) is 0 Å². The van der Waals surface area contributed by atoms with E-state index in [2.05, 4.69) is 6.58 Å². The molecule has 0 saturated carbocycles. The molecule has 0 fully saturated rings. The molecule has 0 aliphatic carbocycles. The minimum absolute atomic E-state index is 0.0809. The van der Waals surface area contributed by atoms with Gasteiger partial charge in [0.05, 0.1) is 6.61 Å². The maximum Gasteiger partial charge on any atom is 0.0618 e. The van der Waals surface area contributed by atoms with Gasteiger partial charge in [0.2, 0.25) is 0 Å². The Morgan fingerprint density at radius 3 is 2.50 bits per heavy atom. The van der Waals surface area contributed by atoms with Crippen LogP contribution in [0.2, 0.25) is 0 Å². The SMILES string of the molecule is C=C(C)C/C(=C/CO)c1ccccc1. The van der Waals surface area contributed by atoms with Gasteiger partial charge >= 0.3 is 0 Å². The number of rotatable bonds is 4. The van der Waals surface area contributed by atoms with E-state index >= 15 is 0 Å². The van der Waals surface area contributed by atoms with E-state index in [4.69, 9.17) is 5.11 Å². The van der Waals surface area contributed by atoms with Gasteiger partial charge in [-0.25, -0.2) is 0 Å². The Labute approximate surface area is 85.4 Å². The Morgan fingerprint density at radius 1 is 1.36 bits per heavy atom. The second-order valence-corrected chi connectivity index (χ2v) is 3.41. The average molecular weight is 188 g/mol. The summed E-state index contributed by atoms with van der Waals surface area (Å²) in [5, 5.41) is 8.90. The molecule has 0 atom stereocenters. The predicted octanol–water partition coefficient (Wildman–Crippen LogP) is 3.03. The molecule has 0 radical (unpaired) electrons. The van der Waals surface area contributed by atoms with Crippen LogP contribution in [0.1, 0.15) is 18.9 Å². The third-order valence-electron chi connectivity index (χ3n) is 1.97. The summed E-state index contributed by atoms with van der Waals surface area (Å²) in [6.07, 6.45) is 2.66. The smallest absolute Gasteiger partial charge is 0.0618 e. The van der Waals surface area contributed by atoms with Crippen molar-refractivity contribution in [3.8, 4) is 0 Å². The molecular weight excluding hydrogens is 172 g/mol. The summed E-state index contributed by atoms with van der Waals surface area (Å²) < 4.78 is 0. The van der Waals surface area contributed by atoms with Crippen molar-refractivity contribution in [1.29, 1.82) is 0 Å². The highest BCUT2D eigenvalue weighted by Gasteiger charge is 2.00. The number of hydrogen-bond donors (Lipinski definition) is 1. The molecule has 14 heavy (non-hydrogen) atoms. The van der Waals surface area contributed by atoms with Gasteiger partial charge < -0.3 is 5.11 Å². The molecule has 1 rings (SSSR count). The van der Waals surface area contributed by atoms with Crippen molar-refractivity contribution >= 4 is 5.57 Å². The summed E-state index contributed by atoms with van der Waals surface area (Å²) in [4.78, 5) is 0. The minimum atomic E-state index is 0.0809. The summed E-state index contributed by atoms with van der Waals surface area (Å²) in [5.41, 5.74) is 3.40. The summed E-state index contributed by atoms with van der Waals surface area (Å²) >= 11 is 0. The Morgan fingerprint density at radius 2 is 2.00 bits per heavy atom. The second kappa shape index (κ2) is 5.40. The summed E-state index contributed by atoms with van der Waals surface area (Å²) in [6, 6.07) is 10.1. The molecule has 1 aromatic carbocycles. The molecule has 0 heterocycles. The van der Waals surface area contributed by atoms with Crippen LogP contribution in [0.25, 0.3) is 5.57 Å². The fraction of sp³-hybridized carbons (Fsp3) is 0.231. The van der Waals surface area contributed by atoms with E-state index in [0.29, 0.717) is 0 Å². The van der Waals surface area contributed by atoms with E-state index < -0.39 is 0 Å². The van der Waals surface area contributed by atoms with Gasteiger partial charge in [-0.05, 0) is 24.5 Å². The molecule has 0 saturated heterocycles. The van der Waals surface area contributed by atoms with Crippen molar-refractivity contribution in [2.75, 3.05) is 6.61 Å². The number of aliphatic hydroxyl groups is 1. The molecule has 0 aliphatic rings. The summed E-state index contributed by atoms with van der Waals surface area (Å²) in [7, 11) is 0. The first kappa shape index (κ1) is 10.7. The molecule has 0 aromatic heterocycles. The van der Waals surface area contributed by atoms with E-state index in [1.165, 1.54) is 0 Å². The van der Waals surface area contributed by atoms with Crippen LogP contribution in [0.15, 0.2) is 48.6 Å². The molecule has 0 spiro atoms. The molecule has 74 valence electrons. The van der Waals surface area contributed by atoms with E-state index in [-0.39, 0.29) is 6.61 Å². The van der Waals surface area contributed by atoms with Crippen molar-refractivity contribution < 1.29 is 5.11 Å². The van der Waals surface area contributed by atoms with Crippen molar-refractivity contribution in [3.05, 3.63) is 54.1 Å². The first-order chi connectivity index (χ1) is 6.74. The molecule has 0 bridgehead atoms. The van der Waals surface area contributed by atoms with Gasteiger partial charge in [-0.15, -0.1) is 0 Å². The van der Waals surface area contributed by atoms with Crippen LogP contribution < -0.4 is 0 Å². The van der Waals surface area contributed by atoms with Crippen LogP contribution in [0.5, 0.6) is 0 Å². The highest BCUT2D eigenvalue weighted by molar-refractivity contribution is 5.67. The topological polar surface area (TPSA) is 20.2 Å². The Hall–Kier alpha value is -1.34. The van der Waals surface area contributed by atoms with E-state index in [0.717, 1.165) is 23.1 Å². The van der Waals surface area contributed by atoms with Crippen molar-refractivity contribution in [2.24, 2.45) is 0 Å². The summed E-state index contributed by atoms with van der Waals surface area (Å²) in [5.74, 6) is 0. The molecule has 1 aromatic rings. The Kier molecular flexibility index (Phi) is 4.14. The van der Waals surface area contributed by atoms with Crippen LogP contribution in [-0.2, 0) is 0 Å². The zero-order valence-corrected chi connectivity index (χ0v) is 8.53. The zero-order chi connectivity index (χ0) is 10.4. The average Bonchev–Trinajstić information content (AvgIpc) is 2.18. The fourth-order valence-electron chi connectivity index (χ4n) is 1.38. The lowest BCUT2D eigenvalue weighted by Crippen LogP contribution is -1.87. The number of aliphatic hydroxyl groups excluding tert-OH is 1. The zero-order valence-electron chi connectivity index (χ0n) is 8.53. The van der Waals surface area contributed by atoms with Gasteiger partial charge in [0.25, 0.3) is 0 Å². The van der Waals surface area contributed by atoms with Crippen molar-refractivity contribution in [2.45, 2.75) is 13.3 Å². The summed E-state index contributed by atoms with van der Waals surface area (Å²) in [6.45, 7) is 5.96. The quantitative estimate of drug-likeness (QED) is 0.720. The molecule has 1 heteroatoms. The van der Waals surface area contributed by atoms with Crippen molar-refractivity contribution in [3.63, 3.8) is 0 Å². The standard InChI is InChI=1S/C13H16O/c1-11(2)10-13(8-9-14)12-6-4-3-5-7-12/h3-8,14H,1,9-10H2,2H3/b13-8-. The molecular formula is C13H16O. The van der Waals surface area contributed by atoms with Gasteiger partial charge in [0.1, 0.15) is 0 Å². The maximum absolute atomic E-state index is 8.90. The van der Waals surface area contributed by atoms with Gasteiger partial charge in [-0.1, -0.05) is 48.6 Å². The molecule has 0 aliphatic heterocycles. The van der Waals surface area contributed by atoms with Crippen LogP contribution >= 0.6 is 0 Å². The molecule has 0 unspecified atom stereocenters. The lowest BCUT2D eigenvalue weighted by molar-refractivity contribution is 0.343. The largest absolute Gasteiger partial charge is 0.392 e. The Bertz CT molecular complexity index is 322. The predicted molar refractivity (Wildman–Crippen MR) is 60.9 cm³/mol. The van der Waals surface area contributed by atoms with Crippen LogP contribution in [0.3, 0.4) is 0 Å². The fourth-order valence-corrected chi connectivity index (χ4v) is 1.38. The number of hydrogen-bond acceptors (Lipinski definition) is 1. The van der Waals surface area contributed by atoms with Gasteiger partial charge in [0.15, 0.2) is 0 Å². The molecule has 0 amide bonds. The number of benzene rings is 1. The van der Waals surface area contributed by atoms with E-state index in [1.807, 2.05) is 43.3 Å². The van der Waals surface area contributed by atoms with Gasteiger partial charge in [0, 0.05) is 0 Å². The monoisotopic (exact) mass is 188 g/mol. The Balaban J connectivity index is 2.89. The van der Waals surface area contributed by atoms with Crippen LogP contribution in [0, 0.1) is 0 Å². The first-order valence-corrected chi connectivity index (χ1v) is 4.73. The molecule has 1 N–H and O–H groups in total. The number of allylic oxidation sites excluding steroid dienone is 2.